The van der Waals surface area contributed by atoms with Crippen molar-refractivity contribution in [3.63, 3.8) is 0 Å². The van der Waals surface area contributed by atoms with Gasteiger partial charge in [0.2, 0.25) is 0 Å². The molecule has 0 aromatic rings. The summed E-state index contributed by atoms with van der Waals surface area (Å²) >= 11 is 0. The van der Waals surface area contributed by atoms with E-state index in [2.05, 4.69) is 51.9 Å². The van der Waals surface area contributed by atoms with Crippen LogP contribution >= 0.6 is 0 Å². The van der Waals surface area contributed by atoms with Crippen molar-refractivity contribution >= 4 is 0 Å². The third-order valence-electron chi connectivity index (χ3n) is 4.46. The summed E-state index contributed by atoms with van der Waals surface area (Å²) in [6.45, 7) is 16.9. The summed E-state index contributed by atoms with van der Waals surface area (Å²) in [6.07, 6.45) is 5.01. The molecule has 0 aromatic carbocycles. The highest BCUT2D eigenvalue weighted by Gasteiger charge is 2.28. The predicted molar refractivity (Wildman–Crippen MR) is 91.8 cm³/mol. The Bertz CT molecular complexity index is 281. The zero-order chi connectivity index (χ0) is 15.9. The fraction of sp³-hybridized carbons (Fsp3) is 1.00. The van der Waals surface area contributed by atoms with Crippen LogP contribution in [0.2, 0.25) is 0 Å². The fourth-order valence-electron chi connectivity index (χ4n) is 3.39. The number of hydrogen-bond donors (Lipinski definition) is 1. The Labute approximate surface area is 132 Å². The first kappa shape index (κ1) is 18.9. The molecule has 1 heterocycles. The van der Waals surface area contributed by atoms with Gasteiger partial charge >= 0.3 is 0 Å². The van der Waals surface area contributed by atoms with Gasteiger partial charge in [0, 0.05) is 38.4 Å². The van der Waals surface area contributed by atoms with Gasteiger partial charge in [0.1, 0.15) is 0 Å². The molecular formula is C18H38N2O. The van der Waals surface area contributed by atoms with Crippen LogP contribution in [0.25, 0.3) is 0 Å². The standard InChI is InChI=1S/C18H38N2O/c1-7-10-18(5,14-19-17(2,3)4)15-20(6)13-16-8-11-21-12-9-16/h16,19H,7-15H2,1-6H3. The smallest absolute Gasteiger partial charge is 0.0469 e. The molecule has 1 atom stereocenters. The van der Waals surface area contributed by atoms with E-state index >= 15 is 0 Å². The molecule has 0 spiro atoms. The Morgan fingerprint density at radius 2 is 1.76 bits per heavy atom. The molecule has 3 heteroatoms. The van der Waals surface area contributed by atoms with E-state index in [-0.39, 0.29) is 5.54 Å². The molecule has 0 radical (unpaired) electrons. The van der Waals surface area contributed by atoms with E-state index in [1.54, 1.807) is 0 Å². The highest BCUT2D eigenvalue weighted by molar-refractivity contribution is 4.84. The first-order valence-corrected chi connectivity index (χ1v) is 8.75. The molecule has 0 aromatic heterocycles. The lowest BCUT2D eigenvalue weighted by Crippen LogP contribution is -2.47. The summed E-state index contributed by atoms with van der Waals surface area (Å²) in [5, 5.41) is 3.71. The van der Waals surface area contributed by atoms with Gasteiger partial charge in [0.25, 0.3) is 0 Å². The van der Waals surface area contributed by atoms with Crippen molar-refractivity contribution in [3.05, 3.63) is 0 Å². The molecule has 1 aliphatic rings. The normalized spacial score (nSPS) is 20.7. The van der Waals surface area contributed by atoms with E-state index in [0.717, 1.165) is 25.7 Å². The molecule has 0 aliphatic carbocycles. The molecule has 1 rings (SSSR count). The zero-order valence-corrected chi connectivity index (χ0v) is 15.3. The molecule has 1 aliphatic heterocycles. The third kappa shape index (κ3) is 8.18. The van der Waals surface area contributed by atoms with Crippen molar-refractivity contribution in [1.29, 1.82) is 0 Å². The Balaban J connectivity index is 2.46. The maximum atomic E-state index is 5.47. The summed E-state index contributed by atoms with van der Waals surface area (Å²) in [5.74, 6) is 0.824. The second-order valence-corrected chi connectivity index (χ2v) is 8.42. The molecule has 1 unspecified atom stereocenters. The van der Waals surface area contributed by atoms with Crippen molar-refractivity contribution in [2.45, 2.75) is 65.8 Å². The molecule has 1 fully saturated rings. The monoisotopic (exact) mass is 298 g/mol. The van der Waals surface area contributed by atoms with Crippen molar-refractivity contribution < 1.29 is 4.74 Å². The topological polar surface area (TPSA) is 24.5 Å². The molecule has 0 amide bonds. The average Bonchev–Trinajstić information content (AvgIpc) is 2.37. The van der Waals surface area contributed by atoms with E-state index in [0.29, 0.717) is 5.41 Å². The summed E-state index contributed by atoms with van der Waals surface area (Å²) < 4.78 is 5.47. The van der Waals surface area contributed by atoms with E-state index in [1.165, 1.54) is 38.8 Å². The van der Waals surface area contributed by atoms with Crippen LogP contribution in [0.5, 0.6) is 0 Å². The van der Waals surface area contributed by atoms with Crippen LogP contribution < -0.4 is 5.32 Å². The van der Waals surface area contributed by atoms with Crippen molar-refractivity contribution in [2.75, 3.05) is 39.9 Å². The Morgan fingerprint density at radius 1 is 1.14 bits per heavy atom. The number of nitrogens with zero attached hydrogens (tertiary/aromatic N) is 1. The number of hydrogen-bond acceptors (Lipinski definition) is 3. The molecule has 0 bridgehead atoms. The van der Waals surface area contributed by atoms with Gasteiger partial charge in [-0.15, -0.1) is 0 Å². The summed E-state index contributed by atoms with van der Waals surface area (Å²) in [5.41, 5.74) is 0.566. The van der Waals surface area contributed by atoms with E-state index in [1.807, 2.05) is 0 Å². The van der Waals surface area contributed by atoms with Crippen molar-refractivity contribution in [3.8, 4) is 0 Å². The van der Waals surface area contributed by atoms with Gasteiger partial charge in [-0.1, -0.05) is 20.3 Å². The maximum Gasteiger partial charge on any atom is 0.0469 e. The van der Waals surface area contributed by atoms with Gasteiger partial charge in [-0.2, -0.15) is 0 Å². The molecular weight excluding hydrogens is 260 g/mol. The van der Waals surface area contributed by atoms with Gasteiger partial charge in [-0.3, -0.25) is 0 Å². The Kier molecular flexibility index (Phi) is 7.66. The first-order valence-electron chi connectivity index (χ1n) is 8.75. The maximum absolute atomic E-state index is 5.47. The predicted octanol–water partition coefficient (Wildman–Crippen LogP) is 3.54. The highest BCUT2D eigenvalue weighted by Crippen LogP contribution is 2.26. The number of nitrogens with one attached hydrogen (secondary N) is 1. The molecule has 126 valence electrons. The van der Waals surface area contributed by atoms with E-state index in [9.17, 15) is 0 Å². The summed E-state index contributed by atoms with van der Waals surface area (Å²) in [4.78, 5) is 2.55. The van der Waals surface area contributed by atoms with Gasteiger partial charge in [-0.25, -0.2) is 0 Å². The van der Waals surface area contributed by atoms with Crippen LogP contribution in [0.1, 0.15) is 60.3 Å². The summed E-state index contributed by atoms with van der Waals surface area (Å²) in [7, 11) is 2.29. The quantitative estimate of drug-likeness (QED) is 0.742. The average molecular weight is 299 g/mol. The molecule has 1 saturated heterocycles. The SMILES string of the molecule is CCCC(C)(CNC(C)(C)C)CN(C)CC1CCOCC1. The molecule has 0 saturated carbocycles. The van der Waals surface area contributed by atoms with Gasteiger partial charge in [-0.05, 0) is 58.4 Å². The number of ether oxygens (including phenoxy) is 1. The van der Waals surface area contributed by atoms with E-state index in [4.69, 9.17) is 4.74 Å². The second kappa shape index (κ2) is 8.50. The third-order valence-corrected chi connectivity index (χ3v) is 4.46. The van der Waals surface area contributed by atoms with Crippen LogP contribution in [-0.4, -0.2) is 50.3 Å². The molecule has 1 N–H and O–H groups in total. The van der Waals surface area contributed by atoms with Gasteiger partial charge in [0.05, 0.1) is 0 Å². The molecule has 21 heavy (non-hydrogen) atoms. The van der Waals surface area contributed by atoms with Crippen molar-refractivity contribution in [2.24, 2.45) is 11.3 Å². The zero-order valence-electron chi connectivity index (χ0n) is 15.3. The largest absolute Gasteiger partial charge is 0.381 e. The lowest BCUT2D eigenvalue weighted by atomic mass is 9.83. The fourth-order valence-corrected chi connectivity index (χ4v) is 3.39. The van der Waals surface area contributed by atoms with Crippen LogP contribution in [0, 0.1) is 11.3 Å². The van der Waals surface area contributed by atoms with Crippen LogP contribution in [-0.2, 0) is 4.74 Å². The minimum atomic E-state index is 0.203. The molecule has 3 nitrogen and oxygen atoms in total. The van der Waals surface area contributed by atoms with Gasteiger partial charge < -0.3 is 15.0 Å². The minimum absolute atomic E-state index is 0.203. The number of rotatable bonds is 8. The minimum Gasteiger partial charge on any atom is -0.381 e. The van der Waals surface area contributed by atoms with Crippen LogP contribution in [0.3, 0.4) is 0 Å². The first-order chi connectivity index (χ1) is 9.74. The van der Waals surface area contributed by atoms with E-state index < -0.39 is 0 Å². The van der Waals surface area contributed by atoms with Crippen LogP contribution in [0.15, 0.2) is 0 Å². The lowest BCUT2D eigenvalue weighted by molar-refractivity contribution is 0.0491. The summed E-state index contributed by atoms with van der Waals surface area (Å²) in [6, 6.07) is 0. The lowest BCUT2D eigenvalue weighted by Gasteiger charge is -2.38. The van der Waals surface area contributed by atoms with Crippen molar-refractivity contribution in [1.82, 2.24) is 10.2 Å². The van der Waals surface area contributed by atoms with Gasteiger partial charge in [0.15, 0.2) is 0 Å². The Morgan fingerprint density at radius 3 is 2.29 bits per heavy atom. The Hall–Kier alpha value is -0.120. The highest BCUT2D eigenvalue weighted by atomic mass is 16.5. The second-order valence-electron chi connectivity index (χ2n) is 8.42. The van der Waals surface area contributed by atoms with Crippen LogP contribution in [0.4, 0.5) is 0 Å².